The van der Waals surface area contributed by atoms with E-state index in [1.807, 2.05) is 19.2 Å². The van der Waals surface area contributed by atoms with Gasteiger partial charge in [0.15, 0.2) is 5.84 Å². The summed E-state index contributed by atoms with van der Waals surface area (Å²) in [4.78, 5) is 0. The van der Waals surface area contributed by atoms with E-state index in [4.69, 9.17) is 17.3 Å². The van der Waals surface area contributed by atoms with E-state index in [-0.39, 0.29) is 11.4 Å². The van der Waals surface area contributed by atoms with Gasteiger partial charge in [0.1, 0.15) is 5.82 Å². The molecule has 6 heteroatoms. The average Bonchev–Trinajstić information content (AvgIpc) is 2.49. The molecule has 0 aliphatic rings. The molecule has 0 unspecified atom stereocenters. The van der Waals surface area contributed by atoms with Crippen LogP contribution in [0.25, 0.3) is 0 Å². The molecule has 0 bridgehead atoms. The van der Waals surface area contributed by atoms with Crippen molar-refractivity contribution in [1.82, 2.24) is 5.43 Å². The van der Waals surface area contributed by atoms with Gasteiger partial charge in [-0.25, -0.2) is 4.39 Å². The van der Waals surface area contributed by atoms with Gasteiger partial charge in [-0.05, 0) is 29.8 Å². The maximum atomic E-state index is 13.5. The van der Waals surface area contributed by atoms with Gasteiger partial charge in [-0.15, -0.1) is 0 Å². The molecular weight excluding hydrogens is 291 g/mol. The normalized spacial score (nSPS) is 11.3. The van der Waals surface area contributed by atoms with Crippen LogP contribution in [0.15, 0.2) is 47.6 Å². The molecule has 0 aliphatic carbocycles. The van der Waals surface area contributed by atoms with Crippen molar-refractivity contribution >= 4 is 23.1 Å². The number of amidine groups is 1. The van der Waals surface area contributed by atoms with Crippen molar-refractivity contribution in [3.8, 4) is 0 Å². The Hall–Kier alpha value is -2.27. The first kappa shape index (κ1) is 15.1. The zero-order chi connectivity index (χ0) is 15.2. The van der Waals surface area contributed by atoms with E-state index in [9.17, 15) is 4.39 Å². The number of hydrogen-bond acceptors (Lipinski definition) is 3. The number of nitrogens with zero attached hydrogens (tertiary/aromatic N) is 1. The lowest BCUT2D eigenvalue weighted by Gasteiger charge is -2.10. The zero-order valence-electron chi connectivity index (χ0n) is 11.5. The van der Waals surface area contributed by atoms with Gasteiger partial charge in [0, 0.05) is 17.8 Å². The molecule has 0 saturated heterocycles. The summed E-state index contributed by atoms with van der Waals surface area (Å²) in [6.45, 7) is 0.447. The smallest absolute Gasteiger partial charge is 0.153 e. The Balaban J connectivity index is 2.07. The van der Waals surface area contributed by atoms with Crippen LogP contribution in [0.2, 0.25) is 5.02 Å². The van der Waals surface area contributed by atoms with Crippen molar-refractivity contribution in [3.63, 3.8) is 0 Å². The highest BCUT2D eigenvalue weighted by Crippen LogP contribution is 2.20. The minimum atomic E-state index is -0.400. The average molecular weight is 307 g/mol. The molecule has 0 fully saturated rings. The highest BCUT2D eigenvalue weighted by Gasteiger charge is 2.05. The molecule has 0 radical (unpaired) electrons. The monoisotopic (exact) mass is 306 g/mol. The van der Waals surface area contributed by atoms with Crippen molar-refractivity contribution in [1.29, 1.82) is 0 Å². The van der Waals surface area contributed by atoms with Gasteiger partial charge in [0.05, 0.1) is 12.1 Å². The van der Waals surface area contributed by atoms with E-state index < -0.39 is 5.82 Å². The van der Waals surface area contributed by atoms with E-state index in [0.717, 1.165) is 11.3 Å². The van der Waals surface area contributed by atoms with Crippen molar-refractivity contribution < 1.29 is 4.39 Å². The van der Waals surface area contributed by atoms with Gasteiger partial charge < -0.3 is 16.5 Å². The lowest BCUT2D eigenvalue weighted by atomic mass is 10.2. The highest BCUT2D eigenvalue weighted by atomic mass is 35.5. The van der Waals surface area contributed by atoms with E-state index in [0.29, 0.717) is 11.6 Å². The zero-order valence-corrected chi connectivity index (χ0v) is 12.3. The summed E-state index contributed by atoms with van der Waals surface area (Å²) in [5, 5.41) is 7.69. The number of benzene rings is 2. The second-order valence-electron chi connectivity index (χ2n) is 4.36. The van der Waals surface area contributed by atoms with Gasteiger partial charge in [-0.3, -0.25) is 0 Å². The second kappa shape index (κ2) is 6.95. The Kier molecular flexibility index (Phi) is 5.00. The van der Waals surface area contributed by atoms with Gasteiger partial charge in [-0.1, -0.05) is 29.8 Å². The molecule has 0 amide bonds. The minimum absolute atomic E-state index is 0.105. The largest absolute Gasteiger partial charge is 0.388 e. The maximum Gasteiger partial charge on any atom is 0.153 e. The number of hydrogen-bond donors (Lipinski definition) is 3. The third-order valence-electron chi connectivity index (χ3n) is 2.96. The molecule has 0 aliphatic heterocycles. The van der Waals surface area contributed by atoms with Gasteiger partial charge in [-0.2, -0.15) is 5.10 Å². The van der Waals surface area contributed by atoms with Crippen LogP contribution >= 0.6 is 11.6 Å². The van der Waals surface area contributed by atoms with Crippen molar-refractivity contribution in [2.24, 2.45) is 10.8 Å². The molecule has 0 spiro atoms. The fraction of sp³-hybridized carbons (Fsp3) is 0.133. The van der Waals surface area contributed by atoms with E-state index in [1.54, 1.807) is 24.3 Å². The summed E-state index contributed by atoms with van der Waals surface area (Å²) >= 11 is 5.93. The van der Waals surface area contributed by atoms with Crippen LogP contribution in [0.1, 0.15) is 11.1 Å². The summed E-state index contributed by atoms with van der Waals surface area (Å²) in [5.74, 6) is -0.295. The molecule has 0 atom stereocenters. The lowest BCUT2D eigenvalue weighted by molar-refractivity contribution is 0.624. The van der Waals surface area contributed by atoms with Crippen LogP contribution in [-0.4, -0.2) is 12.9 Å². The number of nitrogens with one attached hydrogen (secondary N) is 2. The van der Waals surface area contributed by atoms with Crippen LogP contribution in [-0.2, 0) is 6.54 Å². The standard InChI is InChI=1S/C15H16ClFN4/c1-19-14-8-11(16)7-6-10(14)9-20-21-15(18)12-4-2-3-5-13(12)17/h2-8,19-20H,9H2,1H3,(H2,18,21). The number of nitrogens with two attached hydrogens (primary N) is 1. The Morgan fingerprint density at radius 3 is 2.76 bits per heavy atom. The molecule has 4 N–H and O–H groups in total. The van der Waals surface area contributed by atoms with Crippen LogP contribution in [0, 0.1) is 5.82 Å². The molecule has 110 valence electrons. The minimum Gasteiger partial charge on any atom is -0.388 e. The number of anilines is 1. The molecule has 2 rings (SSSR count). The summed E-state index contributed by atoms with van der Waals surface area (Å²) in [6, 6.07) is 11.7. The fourth-order valence-electron chi connectivity index (χ4n) is 1.87. The third-order valence-corrected chi connectivity index (χ3v) is 3.20. The molecule has 2 aromatic rings. The van der Waals surface area contributed by atoms with Crippen LogP contribution in [0.3, 0.4) is 0 Å². The molecule has 2 aromatic carbocycles. The van der Waals surface area contributed by atoms with Crippen molar-refractivity contribution in [2.45, 2.75) is 6.54 Å². The first-order valence-electron chi connectivity index (χ1n) is 6.39. The first-order chi connectivity index (χ1) is 10.1. The van der Waals surface area contributed by atoms with E-state index in [1.165, 1.54) is 6.07 Å². The Morgan fingerprint density at radius 1 is 1.29 bits per heavy atom. The fourth-order valence-corrected chi connectivity index (χ4v) is 2.05. The van der Waals surface area contributed by atoms with Gasteiger partial charge in [0.25, 0.3) is 0 Å². The summed E-state index contributed by atoms with van der Waals surface area (Å²) < 4.78 is 13.5. The first-order valence-corrected chi connectivity index (χ1v) is 6.76. The number of rotatable bonds is 5. The second-order valence-corrected chi connectivity index (χ2v) is 4.80. The maximum absolute atomic E-state index is 13.5. The summed E-state index contributed by atoms with van der Waals surface area (Å²) in [7, 11) is 1.81. The number of halogens is 2. The Morgan fingerprint density at radius 2 is 2.05 bits per heavy atom. The Labute approximate surface area is 127 Å². The SMILES string of the molecule is CNc1cc(Cl)ccc1CN/N=C(\N)c1ccccc1F. The molecule has 0 heterocycles. The molecule has 21 heavy (non-hydrogen) atoms. The highest BCUT2D eigenvalue weighted by molar-refractivity contribution is 6.30. The van der Waals surface area contributed by atoms with Crippen molar-refractivity contribution in [3.05, 3.63) is 64.4 Å². The van der Waals surface area contributed by atoms with Crippen LogP contribution in [0.4, 0.5) is 10.1 Å². The molecule has 0 saturated carbocycles. The Bertz CT molecular complexity index is 658. The lowest BCUT2D eigenvalue weighted by Crippen LogP contribution is -2.20. The topological polar surface area (TPSA) is 62.4 Å². The summed E-state index contributed by atoms with van der Waals surface area (Å²) in [5.41, 5.74) is 10.7. The predicted octanol–water partition coefficient (Wildman–Crippen LogP) is 2.93. The quantitative estimate of drug-likeness (QED) is 0.452. The van der Waals surface area contributed by atoms with E-state index >= 15 is 0 Å². The van der Waals surface area contributed by atoms with Crippen LogP contribution in [0.5, 0.6) is 0 Å². The molecular formula is C15H16ClFN4. The van der Waals surface area contributed by atoms with E-state index in [2.05, 4.69) is 15.8 Å². The molecule has 0 aromatic heterocycles. The number of hydrazone groups is 1. The summed E-state index contributed by atoms with van der Waals surface area (Å²) in [6.07, 6.45) is 0. The molecule has 4 nitrogen and oxygen atoms in total. The van der Waals surface area contributed by atoms with Gasteiger partial charge >= 0.3 is 0 Å². The predicted molar refractivity (Wildman–Crippen MR) is 85.0 cm³/mol. The van der Waals surface area contributed by atoms with Crippen LogP contribution < -0.4 is 16.5 Å². The van der Waals surface area contributed by atoms with Crippen molar-refractivity contribution in [2.75, 3.05) is 12.4 Å². The third kappa shape index (κ3) is 3.86. The van der Waals surface area contributed by atoms with Gasteiger partial charge in [0.2, 0.25) is 0 Å².